The second-order valence-electron chi connectivity index (χ2n) is 8.82. The number of aromatic nitrogens is 2. The first-order valence-corrected chi connectivity index (χ1v) is 12.8. The van der Waals surface area contributed by atoms with Crippen molar-refractivity contribution in [3.63, 3.8) is 0 Å². The van der Waals surface area contributed by atoms with E-state index in [1.807, 2.05) is 24.3 Å². The van der Waals surface area contributed by atoms with Gasteiger partial charge in [-0.15, -0.1) is 11.3 Å². The molecule has 5 rings (SSSR count). The minimum absolute atomic E-state index is 0.0842. The van der Waals surface area contributed by atoms with Gasteiger partial charge in [-0.3, -0.25) is 19.0 Å². The van der Waals surface area contributed by atoms with Crippen molar-refractivity contribution >= 4 is 33.4 Å². The van der Waals surface area contributed by atoms with Crippen molar-refractivity contribution in [2.24, 2.45) is 0 Å². The van der Waals surface area contributed by atoms with Crippen molar-refractivity contribution in [1.29, 1.82) is 0 Å². The molecule has 184 valence electrons. The smallest absolute Gasteiger partial charge is 0.262 e. The van der Waals surface area contributed by atoms with Gasteiger partial charge in [0.15, 0.2) is 11.5 Å². The molecule has 10 heteroatoms. The van der Waals surface area contributed by atoms with Gasteiger partial charge in [0.2, 0.25) is 11.8 Å². The molecular weight excluding hydrogens is 468 g/mol. The van der Waals surface area contributed by atoms with E-state index in [0.29, 0.717) is 43.0 Å². The molecule has 1 aromatic carbocycles. The van der Waals surface area contributed by atoms with Gasteiger partial charge < -0.3 is 20.1 Å². The van der Waals surface area contributed by atoms with E-state index in [9.17, 15) is 14.4 Å². The molecule has 3 heterocycles. The third-order valence-corrected chi connectivity index (χ3v) is 7.45. The van der Waals surface area contributed by atoms with Crippen molar-refractivity contribution < 1.29 is 19.1 Å². The first-order valence-electron chi connectivity index (χ1n) is 12.0. The lowest BCUT2D eigenvalue weighted by Crippen LogP contribution is -2.40. The quantitative estimate of drug-likeness (QED) is 0.463. The van der Waals surface area contributed by atoms with Gasteiger partial charge in [0, 0.05) is 17.8 Å². The number of benzene rings is 1. The molecule has 9 nitrogen and oxygen atoms in total. The van der Waals surface area contributed by atoms with Crippen LogP contribution < -0.4 is 25.7 Å². The summed E-state index contributed by atoms with van der Waals surface area (Å²) in [5.74, 6) is 0.991. The van der Waals surface area contributed by atoms with Crippen LogP contribution in [0.25, 0.3) is 10.2 Å². The summed E-state index contributed by atoms with van der Waals surface area (Å²) in [7, 11) is 0. The van der Waals surface area contributed by atoms with Crippen molar-refractivity contribution in [3.8, 4) is 11.5 Å². The van der Waals surface area contributed by atoms with Crippen LogP contribution in [0.3, 0.4) is 0 Å². The molecule has 1 unspecified atom stereocenters. The zero-order chi connectivity index (χ0) is 24.2. The highest BCUT2D eigenvalue weighted by molar-refractivity contribution is 7.18. The first-order chi connectivity index (χ1) is 17.1. The van der Waals surface area contributed by atoms with Crippen LogP contribution in [0.15, 0.2) is 35.4 Å². The van der Waals surface area contributed by atoms with Crippen LogP contribution >= 0.6 is 11.3 Å². The number of amides is 2. The highest BCUT2D eigenvalue weighted by atomic mass is 32.1. The molecule has 0 bridgehead atoms. The number of carbonyl (C=O) groups excluding carboxylic acids is 2. The van der Waals surface area contributed by atoms with Crippen molar-refractivity contribution in [2.45, 2.75) is 51.2 Å². The Bertz CT molecular complexity index is 1300. The molecular formula is C25H28N4O5S. The lowest BCUT2D eigenvalue weighted by Gasteiger charge is -2.26. The van der Waals surface area contributed by atoms with E-state index in [1.165, 1.54) is 15.8 Å². The summed E-state index contributed by atoms with van der Waals surface area (Å²) in [6, 6.07) is 7.44. The number of hydrogen-bond acceptors (Lipinski definition) is 7. The van der Waals surface area contributed by atoms with Gasteiger partial charge in [-0.05, 0) is 49.8 Å². The Hall–Kier alpha value is -3.40. The monoisotopic (exact) mass is 496 g/mol. The van der Waals surface area contributed by atoms with Crippen LogP contribution in [0.2, 0.25) is 0 Å². The number of ether oxygens (including phenoxy) is 2. The average Bonchev–Trinajstić information content (AvgIpc) is 3.26. The second-order valence-corrected chi connectivity index (χ2v) is 9.91. The van der Waals surface area contributed by atoms with E-state index in [1.54, 1.807) is 11.3 Å². The number of hydrogen-bond donors (Lipinski definition) is 2. The molecule has 3 aromatic rings. The van der Waals surface area contributed by atoms with Gasteiger partial charge in [-0.25, -0.2) is 4.98 Å². The van der Waals surface area contributed by atoms with Crippen molar-refractivity contribution in [2.75, 3.05) is 19.7 Å². The zero-order valence-electron chi connectivity index (χ0n) is 19.4. The molecule has 0 fully saturated rings. The fourth-order valence-corrected chi connectivity index (χ4v) is 5.68. The fourth-order valence-electron chi connectivity index (χ4n) is 4.46. The average molecular weight is 497 g/mol. The Morgan fingerprint density at radius 1 is 1.11 bits per heavy atom. The van der Waals surface area contributed by atoms with Crippen LogP contribution in [0.5, 0.6) is 11.5 Å². The molecule has 1 aliphatic heterocycles. The Morgan fingerprint density at radius 2 is 1.94 bits per heavy atom. The summed E-state index contributed by atoms with van der Waals surface area (Å²) in [4.78, 5) is 43.9. The van der Waals surface area contributed by atoms with Crippen LogP contribution in [0, 0.1) is 0 Å². The largest absolute Gasteiger partial charge is 0.486 e. The molecule has 2 amide bonds. The van der Waals surface area contributed by atoms with E-state index in [4.69, 9.17) is 9.47 Å². The third kappa shape index (κ3) is 5.32. The first kappa shape index (κ1) is 23.3. The van der Waals surface area contributed by atoms with Gasteiger partial charge in [0.1, 0.15) is 24.1 Å². The number of nitrogens with zero attached hydrogens (tertiary/aromatic N) is 2. The summed E-state index contributed by atoms with van der Waals surface area (Å²) < 4.78 is 12.8. The predicted molar refractivity (Wildman–Crippen MR) is 132 cm³/mol. The summed E-state index contributed by atoms with van der Waals surface area (Å²) in [6.45, 7) is 0.992. The van der Waals surface area contributed by atoms with Crippen LogP contribution in [0.1, 0.15) is 36.1 Å². The summed E-state index contributed by atoms with van der Waals surface area (Å²) in [6.07, 6.45) is 6.10. The maximum absolute atomic E-state index is 13.0. The topological polar surface area (TPSA) is 112 Å². The van der Waals surface area contributed by atoms with Gasteiger partial charge in [-0.1, -0.05) is 12.1 Å². The van der Waals surface area contributed by atoms with Gasteiger partial charge in [0.05, 0.1) is 18.3 Å². The molecule has 1 aliphatic carbocycles. The van der Waals surface area contributed by atoms with E-state index in [0.717, 1.165) is 36.1 Å². The predicted octanol–water partition coefficient (Wildman–Crippen LogP) is 2.19. The number of rotatable bonds is 8. The van der Waals surface area contributed by atoms with Crippen molar-refractivity contribution in [3.05, 3.63) is 51.4 Å². The van der Waals surface area contributed by atoms with E-state index >= 15 is 0 Å². The number of para-hydroxylation sites is 2. The SMILES string of the molecule is O=C(CCCNC(=O)Cn1cnc2sc3c(c2c1=O)CCCC3)NCC1COc2ccccc2O1. The van der Waals surface area contributed by atoms with Crippen molar-refractivity contribution in [1.82, 2.24) is 20.2 Å². The van der Waals surface area contributed by atoms with Crippen LogP contribution in [-0.2, 0) is 29.0 Å². The molecule has 35 heavy (non-hydrogen) atoms. The number of carbonyl (C=O) groups is 2. The summed E-state index contributed by atoms with van der Waals surface area (Å²) >= 11 is 1.59. The number of fused-ring (bicyclic) bond motifs is 4. The van der Waals surface area contributed by atoms with Gasteiger partial charge >= 0.3 is 0 Å². The van der Waals surface area contributed by atoms with E-state index in [2.05, 4.69) is 15.6 Å². The Morgan fingerprint density at radius 3 is 2.83 bits per heavy atom. The Labute approximate surface area is 206 Å². The molecule has 0 saturated carbocycles. The minimum Gasteiger partial charge on any atom is -0.486 e. The normalized spacial score (nSPS) is 16.5. The molecule has 0 radical (unpaired) electrons. The third-order valence-electron chi connectivity index (χ3n) is 6.25. The van der Waals surface area contributed by atoms with Gasteiger partial charge in [-0.2, -0.15) is 0 Å². The maximum atomic E-state index is 13.0. The zero-order valence-corrected chi connectivity index (χ0v) is 20.2. The van der Waals surface area contributed by atoms with E-state index < -0.39 is 0 Å². The Kier molecular flexibility index (Phi) is 6.98. The van der Waals surface area contributed by atoms with Crippen LogP contribution in [-0.4, -0.2) is 47.2 Å². The standard InChI is InChI=1S/C25H28N4O5S/c30-21(27-12-16-14-33-18-7-2-3-8-19(18)34-16)10-5-11-26-22(31)13-29-15-28-24-23(25(29)32)17-6-1-4-9-20(17)35-24/h2-3,7-8,15-16H,1,4-6,9-14H2,(H,26,31)(H,27,30). The van der Waals surface area contributed by atoms with Gasteiger partial charge in [0.25, 0.3) is 5.56 Å². The summed E-state index contributed by atoms with van der Waals surface area (Å²) in [5.41, 5.74) is 0.962. The number of nitrogens with one attached hydrogen (secondary N) is 2. The summed E-state index contributed by atoms with van der Waals surface area (Å²) in [5, 5.41) is 6.31. The molecule has 0 saturated heterocycles. The lowest BCUT2D eigenvalue weighted by molar-refractivity contribution is -0.123. The molecule has 2 aromatic heterocycles. The molecule has 2 N–H and O–H groups in total. The van der Waals surface area contributed by atoms with Crippen LogP contribution in [0.4, 0.5) is 0 Å². The minimum atomic E-state index is -0.274. The lowest BCUT2D eigenvalue weighted by atomic mass is 9.97. The molecule has 1 atom stereocenters. The highest BCUT2D eigenvalue weighted by Gasteiger charge is 2.22. The number of aryl methyl sites for hydroxylation is 2. The second kappa shape index (κ2) is 10.5. The van der Waals surface area contributed by atoms with E-state index in [-0.39, 0.29) is 36.4 Å². The molecule has 2 aliphatic rings. The Balaban J connectivity index is 1.04. The maximum Gasteiger partial charge on any atom is 0.262 e. The number of thiophene rings is 1. The molecule has 0 spiro atoms. The highest BCUT2D eigenvalue weighted by Crippen LogP contribution is 2.33. The fraction of sp³-hybridized carbons (Fsp3) is 0.440.